The summed E-state index contributed by atoms with van der Waals surface area (Å²) in [6.07, 6.45) is 8.88. The van der Waals surface area contributed by atoms with E-state index < -0.39 is 0 Å². The first-order valence-corrected chi connectivity index (χ1v) is 6.61. The zero-order valence-corrected chi connectivity index (χ0v) is 9.76. The Hall–Kier alpha value is -0.0400. The highest BCUT2D eigenvalue weighted by Crippen LogP contribution is 2.49. The van der Waals surface area contributed by atoms with Crippen LogP contribution < -0.4 is 5.32 Å². The molecule has 82 valence electrons. The zero-order valence-electron chi connectivity index (χ0n) is 9.76. The van der Waals surface area contributed by atoms with Crippen molar-refractivity contribution in [2.75, 3.05) is 6.54 Å². The topological polar surface area (TPSA) is 12.0 Å². The minimum atomic E-state index is 0.869. The lowest BCUT2D eigenvalue weighted by molar-refractivity contribution is 0.00527. The maximum Gasteiger partial charge on any atom is 0.0129 e. The summed E-state index contributed by atoms with van der Waals surface area (Å²) in [5.74, 6) is 3.10. The Morgan fingerprint density at radius 2 is 1.71 bits per heavy atom. The molecule has 0 saturated heterocycles. The molecule has 0 aromatic carbocycles. The lowest BCUT2D eigenvalue weighted by Crippen LogP contribution is -2.57. The van der Waals surface area contributed by atoms with Crippen LogP contribution in [0.15, 0.2) is 0 Å². The molecule has 4 unspecified atom stereocenters. The van der Waals surface area contributed by atoms with Gasteiger partial charge >= 0.3 is 0 Å². The lowest BCUT2D eigenvalue weighted by Gasteiger charge is -2.52. The number of fused-ring (bicyclic) bond motifs is 1. The smallest absolute Gasteiger partial charge is 0.0129 e. The minimum absolute atomic E-state index is 0.869. The first-order chi connectivity index (χ1) is 6.88. The van der Waals surface area contributed by atoms with Crippen LogP contribution in [-0.2, 0) is 0 Å². The molecule has 0 radical (unpaired) electrons. The Morgan fingerprint density at radius 3 is 2.36 bits per heavy atom. The predicted molar refractivity (Wildman–Crippen MR) is 61.3 cm³/mol. The van der Waals surface area contributed by atoms with Gasteiger partial charge in [0.15, 0.2) is 0 Å². The summed E-state index contributed by atoms with van der Waals surface area (Å²) in [6, 6.07) is 0.869. The van der Waals surface area contributed by atoms with Crippen molar-refractivity contribution in [2.24, 2.45) is 17.8 Å². The number of hydrogen-bond donors (Lipinski definition) is 1. The quantitative estimate of drug-likeness (QED) is 0.729. The molecule has 2 aliphatic rings. The largest absolute Gasteiger partial charge is 0.314 e. The van der Waals surface area contributed by atoms with Crippen molar-refractivity contribution in [2.45, 2.75) is 58.4 Å². The number of hydrogen-bond acceptors (Lipinski definition) is 1. The van der Waals surface area contributed by atoms with Gasteiger partial charge in [-0.1, -0.05) is 39.5 Å². The molecule has 0 aliphatic heterocycles. The van der Waals surface area contributed by atoms with Crippen LogP contribution >= 0.6 is 0 Å². The van der Waals surface area contributed by atoms with E-state index in [0.717, 1.165) is 30.3 Å². The second-order valence-corrected chi connectivity index (χ2v) is 5.12. The van der Waals surface area contributed by atoms with E-state index in [2.05, 4.69) is 19.2 Å². The first-order valence-electron chi connectivity index (χ1n) is 6.61. The maximum absolute atomic E-state index is 3.71. The molecule has 1 N–H and O–H groups in total. The minimum Gasteiger partial charge on any atom is -0.314 e. The normalized spacial score (nSPS) is 42.4. The van der Waals surface area contributed by atoms with Crippen LogP contribution in [-0.4, -0.2) is 12.6 Å². The third kappa shape index (κ3) is 1.71. The third-order valence-corrected chi connectivity index (χ3v) is 4.51. The summed E-state index contributed by atoms with van der Waals surface area (Å²) in [5.41, 5.74) is 0. The van der Waals surface area contributed by atoms with E-state index >= 15 is 0 Å². The number of nitrogens with one attached hydrogen (secondary N) is 1. The second kappa shape index (κ2) is 4.65. The van der Waals surface area contributed by atoms with Crippen molar-refractivity contribution in [1.82, 2.24) is 5.32 Å². The molecule has 1 nitrogen and oxygen atoms in total. The fraction of sp³-hybridized carbons (Fsp3) is 1.00. The van der Waals surface area contributed by atoms with Crippen LogP contribution in [0.3, 0.4) is 0 Å². The van der Waals surface area contributed by atoms with Crippen LogP contribution in [0.25, 0.3) is 0 Å². The Bertz CT molecular complexity index is 178. The summed E-state index contributed by atoms with van der Waals surface area (Å²) < 4.78 is 0. The van der Waals surface area contributed by atoms with Crippen LogP contribution in [0.2, 0.25) is 0 Å². The Kier molecular flexibility index (Phi) is 3.48. The Balaban J connectivity index is 1.96. The molecule has 0 aromatic rings. The zero-order chi connectivity index (χ0) is 9.97. The average Bonchev–Trinajstić information content (AvgIpc) is 2.39. The predicted octanol–water partition coefficient (Wildman–Crippen LogP) is 3.20. The molecule has 14 heavy (non-hydrogen) atoms. The fourth-order valence-corrected chi connectivity index (χ4v) is 3.88. The molecule has 0 amide bonds. The van der Waals surface area contributed by atoms with Gasteiger partial charge in [-0.2, -0.15) is 0 Å². The van der Waals surface area contributed by atoms with Gasteiger partial charge < -0.3 is 5.32 Å². The van der Waals surface area contributed by atoms with Crippen molar-refractivity contribution in [3.05, 3.63) is 0 Å². The molecule has 0 heterocycles. The average molecular weight is 195 g/mol. The van der Waals surface area contributed by atoms with E-state index in [1.807, 2.05) is 0 Å². The molecule has 0 bridgehead atoms. The van der Waals surface area contributed by atoms with Gasteiger partial charge in [-0.05, 0) is 37.1 Å². The van der Waals surface area contributed by atoms with Crippen molar-refractivity contribution in [3.8, 4) is 0 Å². The molecule has 2 rings (SSSR count). The molecule has 0 spiro atoms. The van der Waals surface area contributed by atoms with Gasteiger partial charge in [0, 0.05) is 6.04 Å². The lowest BCUT2D eigenvalue weighted by atomic mass is 9.57. The van der Waals surface area contributed by atoms with E-state index in [-0.39, 0.29) is 0 Å². The molecular formula is C13H25N. The summed E-state index contributed by atoms with van der Waals surface area (Å²) >= 11 is 0. The van der Waals surface area contributed by atoms with Gasteiger partial charge in [-0.25, -0.2) is 0 Å². The van der Waals surface area contributed by atoms with Gasteiger partial charge in [0.2, 0.25) is 0 Å². The molecule has 2 saturated carbocycles. The highest BCUT2D eigenvalue weighted by molar-refractivity contribution is 5.01. The van der Waals surface area contributed by atoms with E-state index in [9.17, 15) is 0 Å². The monoisotopic (exact) mass is 195 g/mol. The maximum atomic E-state index is 3.71. The van der Waals surface area contributed by atoms with Crippen LogP contribution in [0, 0.1) is 17.8 Å². The third-order valence-electron chi connectivity index (χ3n) is 4.51. The van der Waals surface area contributed by atoms with Crippen LogP contribution in [0.4, 0.5) is 0 Å². The summed E-state index contributed by atoms with van der Waals surface area (Å²) in [4.78, 5) is 0. The van der Waals surface area contributed by atoms with Crippen molar-refractivity contribution >= 4 is 0 Å². The van der Waals surface area contributed by atoms with E-state index in [1.54, 1.807) is 0 Å². The SMILES string of the molecule is CCNC1C(CC)C2CCCCCC21. The van der Waals surface area contributed by atoms with Gasteiger partial charge in [0.1, 0.15) is 0 Å². The van der Waals surface area contributed by atoms with E-state index in [0.29, 0.717) is 0 Å². The molecule has 0 aromatic heterocycles. The fourth-order valence-electron chi connectivity index (χ4n) is 3.88. The standard InChI is InChI=1S/C13H25N/c1-3-10-11-8-6-5-7-9-12(11)13(10)14-4-2/h10-14H,3-9H2,1-2H3. The molecule has 2 aliphatic carbocycles. The van der Waals surface area contributed by atoms with Crippen molar-refractivity contribution < 1.29 is 0 Å². The first kappa shape index (κ1) is 10.5. The van der Waals surface area contributed by atoms with Gasteiger partial charge in [0.05, 0.1) is 0 Å². The molecular weight excluding hydrogens is 170 g/mol. The van der Waals surface area contributed by atoms with Gasteiger partial charge in [0.25, 0.3) is 0 Å². The number of rotatable bonds is 3. The van der Waals surface area contributed by atoms with Crippen molar-refractivity contribution in [3.63, 3.8) is 0 Å². The van der Waals surface area contributed by atoms with Gasteiger partial charge in [-0.15, -0.1) is 0 Å². The summed E-state index contributed by atoms with van der Waals surface area (Å²) in [7, 11) is 0. The Morgan fingerprint density at radius 1 is 1.00 bits per heavy atom. The van der Waals surface area contributed by atoms with Crippen LogP contribution in [0.1, 0.15) is 52.4 Å². The van der Waals surface area contributed by atoms with Crippen LogP contribution in [0.5, 0.6) is 0 Å². The van der Waals surface area contributed by atoms with E-state index in [1.165, 1.54) is 38.5 Å². The van der Waals surface area contributed by atoms with E-state index in [4.69, 9.17) is 0 Å². The highest BCUT2D eigenvalue weighted by Gasteiger charge is 2.47. The molecule has 2 fully saturated rings. The summed E-state index contributed by atoms with van der Waals surface area (Å²) in [6.45, 7) is 5.78. The van der Waals surface area contributed by atoms with Crippen molar-refractivity contribution in [1.29, 1.82) is 0 Å². The highest BCUT2D eigenvalue weighted by atomic mass is 15.0. The molecule has 4 atom stereocenters. The summed E-state index contributed by atoms with van der Waals surface area (Å²) in [5, 5.41) is 3.71. The molecule has 1 heteroatoms. The van der Waals surface area contributed by atoms with Gasteiger partial charge in [-0.3, -0.25) is 0 Å². The Labute approximate surface area is 88.7 Å². The second-order valence-electron chi connectivity index (χ2n) is 5.12.